The zero-order valence-corrected chi connectivity index (χ0v) is 19.4. The van der Waals surface area contributed by atoms with Crippen LogP contribution in [0.15, 0.2) is 24.3 Å². The van der Waals surface area contributed by atoms with Gasteiger partial charge in [0.15, 0.2) is 0 Å². The summed E-state index contributed by atoms with van der Waals surface area (Å²) in [7, 11) is 0. The number of nitrogens with one attached hydrogen (secondary N) is 2. The van der Waals surface area contributed by atoms with Gasteiger partial charge in [-0.2, -0.15) is 0 Å². The quantitative estimate of drug-likeness (QED) is 0.528. The number of benzene rings is 1. The van der Waals surface area contributed by atoms with Gasteiger partial charge in [0.2, 0.25) is 11.8 Å². The minimum absolute atomic E-state index is 0.0416. The monoisotopic (exact) mass is 455 g/mol. The standard InChI is InChI=1S/C26H37N3O4/c30-24-14-22(21-9-4-5-10-23(21)28-24)26(33)29(12-6-11-25(31)32)17-20-16-27-15-19(20)13-18-7-2-1-3-8-18/h4-5,9-10,18-20,22,27H,1-3,6-8,11-17H2,(H,28,30)(H,31,32)/t19-,20+,22?/m1/s1. The number of hydrogen-bond acceptors (Lipinski definition) is 4. The summed E-state index contributed by atoms with van der Waals surface area (Å²) in [6.07, 6.45) is 8.47. The van der Waals surface area contributed by atoms with Crippen LogP contribution in [-0.2, 0) is 14.4 Å². The lowest BCUT2D eigenvalue weighted by molar-refractivity contribution is -0.139. The molecule has 3 atom stereocenters. The topological polar surface area (TPSA) is 98.7 Å². The van der Waals surface area contributed by atoms with E-state index in [0.717, 1.165) is 24.6 Å². The molecule has 0 aromatic heterocycles. The van der Waals surface area contributed by atoms with E-state index < -0.39 is 11.9 Å². The molecule has 2 heterocycles. The van der Waals surface area contributed by atoms with Crippen LogP contribution in [-0.4, -0.2) is 54.0 Å². The molecular formula is C26H37N3O4. The van der Waals surface area contributed by atoms with Gasteiger partial charge in [-0.05, 0) is 55.3 Å². The number of para-hydroxylation sites is 1. The fraction of sp³-hybridized carbons (Fsp3) is 0.654. The van der Waals surface area contributed by atoms with Crippen molar-refractivity contribution in [3.8, 4) is 0 Å². The average molecular weight is 456 g/mol. The zero-order valence-electron chi connectivity index (χ0n) is 19.4. The SMILES string of the molecule is O=C(O)CCCN(C[C@@H]1CNC[C@H]1CC1CCCCC1)C(=O)C1CC(=O)Nc2ccccc21. The number of carbonyl (C=O) groups excluding carboxylic acids is 2. The Bertz CT molecular complexity index is 852. The van der Waals surface area contributed by atoms with Crippen LogP contribution >= 0.6 is 0 Å². The number of carboxylic acid groups (broad SMARTS) is 1. The highest BCUT2D eigenvalue weighted by molar-refractivity contribution is 6.01. The summed E-state index contributed by atoms with van der Waals surface area (Å²) in [5, 5.41) is 15.5. The molecule has 1 saturated heterocycles. The van der Waals surface area contributed by atoms with Crippen molar-refractivity contribution in [2.75, 3.05) is 31.5 Å². The van der Waals surface area contributed by atoms with E-state index in [1.807, 2.05) is 29.2 Å². The summed E-state index contributed by atoms with van der Waals surface area (Å²) in [6.45, 7) is 2.93. The molecule has 33 heavy (non-hydrogen) atoms. The van der Waals surface area contributed by atoms with E-state index in [0.29, 0.717) is 37.0 Å². The van der Waals surface area contributed by atoms with Crippen LogP contribution in [0, 0.1) is 17.8 Å². The largest absolute Gasteiger partial charge is 0.481 e. The molecule has 1 unspecified atom stereocenters. The van der Waals surface area contributed by atoms with E-state index in [1.54, 1.807) is 0 Å². The van der Waals surface area contributed by atoms with Gasteiger partial charge < -0.3 is 20.6 Å². The number of nitrogens with zero attached hydrogens (tertiary/aromatic N) is 1. The summed E-state index contributed by atoms with van der Waals surface area (Å²) in [4.78, 5) is 39.0. The van der Waals surface area contributed by atoms with Crippen molar-refractivity contribution in [1.82, 2.24) is 10.2 Å². The Hall–Kier alpha value is -2.41. The summed E-state index contributed by atoms with van der Waals surface area (Å²) in [5.74, 6) is 0.157. The lowest BCUT2D eigenvalue weighted by Gasteiger charge is -2.34. The summed E-state index contributed by atoms with van der Waals surface area (Å²) >= 11 is 0. The van der Waals surface area contributed by atoms with E-state index >= 15 is 0 Å². The van der Waals surface area contributed by atoms with Crippen molar-refractivity contribution < 1.29 is 19.5 Å². The maximum atomic E-state index is 13.7. The van der Waals surface area contributed by atoms with Crippen molar-refractivity contribution in [2.45, 2.75) is 63.7 Å². The van der Waals surface area contributed by atoms with Gasteiger partial charge in [-0.3, -0.25) is 14.4 Å². The van der Waals surface area contributed by atoms with Gasteiger partial charge in [0, 0.05) is 31.6 Å². The molecule has 2 amide bonds. The predicted molar refractivity (Wildman–Crippen MR) is 127 cm³/mol. The third kappa shape index (κ3) is 6.14. The Labute approximate surface area is 196 Å². The molecule has 2 aliphatic heterocycles. The van der Waals surface area contributed by atoms with Crippen molar-refractivity contribution in [2.24, 2.45) is 17.8 Å². The number of rotatable bonds is 9. The fourth-order valence-electron chi connectivity index (χ4n) is 5.98. The van der Waals surface area contributed by atoms with Crippen LogP contribution in [0.3, 0.4) is 0 Å². The molecule has 7 nitrogen and oxygen atoms in total. The van der Waals surface area contributed by atoms with Crippen molar-refractivity contribution in [1.29, 1.82) is 0 Å². The molecule has 180 valence electrons. The maximum Gasteiger partial charge on any atom is 0.303 e. The van der Waals surface area contributed by atoms with E-state index in [-0.39, 0.29) is 24.7 Å². The molecule has 2 fully saturated rings. The van der Waals surface area contributed by atoms with Gasteiger partial charge in [-0.25, -0.2) is 0 Å². The van der Waals surface area contributed by atoms with Crippen LogP contribution in [0.1, 0.15) is 69.3 Å². The summed E-state index contributed by atoms with van der Waals surface area (Å²) < 4.78 is 0. The first-order valence-electron chi connectivity index (χ1n) is 12.6. The van der Waals surface area contributed by atoms with Crippen LogP contribution in [0.25, 0.3) is 0 Å². The molecule has 1 aromatic carbocycles. The van der Waals surface area contributed by atoms with Crippen molar-refractivity contribution in [3.05, 3.63) is 29.8 Å². The Kier molecular flexibility index (Phi) is 8.02. The summed E-state index contributed by atoms with van der Waals surface area (Å²) in [6, 6.07) is 7.50. The molecule has 4 rings (SSSR count). The van der Waals surface area contributed by atoms with Crippen LogP contribution in [0.2, 0.25) is 0 Å². The third-order valence-electron chi connectivity index (χ3n) is 7.72. The van der Waals surface area contributed by atoms with Gasteiger partial charge in [0.25, 0.3) is 0 Å². The summed E-state index contributed by atoms with van der Waals surface area (Å²) in [5.41, 5.74) is 1.56. The molecule has 7 heteroatoms. The number of carbonyl (C=O) groups is 3. The first-order chi connectivity index (χ1) is 16.0. The number of fused-ring (bicyclic) bond motifs is 1. The van der Waals surface area contributed by atoms with Gasteiger partial charge in [0.1, 0.15) is 0 Å². The van der Waals surface area contributed by atoms with Crippen LogP contribution < -0.4 is 10.6 Å². The molecule has 0 spiro atoms. The molecule has 0 bridgehead atoms. The number of aliphatic carboxylic acids is 1. The molecule has 1 aromatic rings. The number of anilines is 1. The first-order valence-corrected chi connectivity index (χ1v) is 12.6. The van der Waals surface area contributed by atoms with Crippen molar-refractivity contribution in [3.63, 3.8) is 0 Å². The highest BCUT2D eigenvalue weighted by Crippen LogP contribution is 2.36. The van der Waals surface area contributed by atoms with E-state index in [4.69, 9.17) is 5.11 Å². The Morgan fingerprint density at radius 2 is 1.82 bits per heavy atom. The molecular weight excluding hydrogens is 418 g/mol. The lowest BCUT2D eigenvalue weighted by Crippen LogP contribution is -2.43. The number of hydrogen-bond donors (Lipinski definition) is 3. The fourth-order valence-corrected chi connectivity index (χ4v) is 5.98. The zero-order chi connectivity index (χ0) is 23.2. The highest BCUT2D eigenvalue weighted by Gasteiger charge is 2.36. The van der Waals surface area contributed by atoms with E-state index in [2.05, 4.69) is 10.6 Å². The molecule has 1 aliphatic carbocycles. The van der Waals surface area contributed by atoms with Crippen molar-refractivity contribution >= 4 is 23.5 Å². The lowest BCUT2D eigenvalue weighted by atomic mass is 9.79. The van der Waals surface area contributed by atoms with Gasteiger partial charge in [-0.15, -0.1) is 0 Å². The molecule has 3 aliphatic rings. The second-order valence-corrected chi connectivity index (χ2v) is 10.1. The minimum Gasteiger partial charge on any atom is -0.481 e. The van der Waals surface area contributed by atoms with Crippen LogP contribution in [0.4, 0.5) is 5.69 Å². The molecule has 3 N–H and O–H groups in total. The third-order valence-corrected chi connectivity index (χ3v) is 7.72. The second-order valence-electron chi connectivity index (χ2n) is 10.1. The smallest absolute Gasteiger partial charge is 0.303 e. The maximum absolute atomic E-state index is 13.7. The highest BCUT2D eigenvalue weighted by atomic mass is 16.4. The minimum atomic E-state index is -0.845. The Balaban J connectivity index is 1.48. The van der Waals surface area contributed by atoms with E-state index in [9.17, 15) is 14.4 Å². The Morgan fingerprint density at radius 1 is 1.06 bits per heavy atom. The van der Waals surface area contributed by atoms with E-state index in [1.165, 1.54) is 38.5 Å². The van der Waals surface area contributed by atoms with Gasteiger partial charge in [0.05, 0.1) is 5.92 Å². The predicted octanol–water partition coefficient (Wildman–Crippen LogP) is 3.61. The number of amides is 2. The van der Waals surface area contributed by atoms with Crippen LogP contribution in [0.5, 0.6) is 0 Å². The Morgan fingerprint density at radius 3 is 2.61 bits per heavy atom. The molecule has 1 saturated carbocycles. The average Bonchev–Trinajstić information content (AvgIpc) is 3.24. The first kappa shape index (κ1) is 23.7. The molecule has 0 radical (unpaired) electrons. The number of carboxylic acids is 1. The normalized spacial score (nSPS) is 25.3. The second kappa shape index (κ2) is 11.1. The van der Waals surface area contributed by atoms with Gasteiger partial charge in [-0.1, -0.05) is 50.3 Å². The van der Waals surface area contributed by atoms with Gasteiger partial charge >= 0.3 is 5.97 Å².